The van der Waals surface area contributed by atoms with E-state index >= 15 is 8.78 Å². The molecule has 1 aromatic heterocycles. The average molecular weight is 706 g/mol. The topological polar surface area (TPSA) is 96.9 Å². The van der Waals surface area contributed by atoms with Gasteiger partial charge in [-0.15, -0.1) is 0 Å². The van der Waals surface area contributed by atoms with E-state index in [0.717, 1.165) is 34.9 Å². The van der Waals surface area contributed by atoms with Gasteiger partial charge in [0.05, 0.1) is 26.3 Å². The molecule has 1 unspecified atom stereocenters. The van der Waals surface area contributed by atoms with E-state index in [-0.39, 0.29) is 30.3 Å². The third kappa shape index (κ3) is 7.88. The summed E-state index contributed by atoms with van der Waals surface area (Å²) in [7, 11) is -0.285. The Bertz CT molecular complexity index is 1860. The fraction of sp³-hybridized carbons (Fsp3) is 0.353. The van der Waals surface area contributed by atoms with Crippen molar-refractivity contribution < 1.29 is 39.8 Å². The van der Waals surface area contributed by atoms with Gasteiger partial charge in [-0.3, -0.25) is 0 Å². The van der Waals surface area contributed by atoms with Crippen LogP contribution in [0.5, 0.6) is 11.5 Å². The minimum Gasteiger partial charge on any atom is -0.497 e. The monoisotopic (exact) mass is 705 g/mol. The minimum absolute atomic E-state index is 0.119. The van der Waals surface area contributed by atoms with E-state index < -0.39 is 43.8 Å². The van der Waals surface area contributed by atoms with Crippen molar-refractivity contribution in [2.24, 2.45) is 0 Å². The number of sulfonamides is 1. The molecule has 0 aliphatic carbocycles. The molecule has 0 bridgehead atoms. The number of alkyl halides is 3. The van der Waals surface area contributed by atoms with Crippen molar-refractivity contribution in [3.05, 3.63) is 102 Å². The number of hydrogen-bond donors (Lipinski definition) is 1. The van der Waals surface area contributed by atoms with E-state index in [1.54, 1.807) is 36.2 Å². The van der Waals surface area contributed by atoms with Gasteiger partial charge in [0.15, 0.2) is 4.90 Å². The van der Waals surface area contributed by atoms with Crippen LogP contribution < -0.4 is 24.0 Å². The van der Waals surface area contributed by atoms with Crippen LogP contribution in [0, 0.1) is 11.6 Å². The molecular weight excluding hydrogens is 669 g/mol. The summed E-state index contributed by atoms with van der Waals surface area (Å²) in [4.78, 5) is 8.47. The van der Waals surface area contributed by atoms with Gasteiger partial charge in [-0.25, -0.2) is 31.5 Å². The van der Waals surface area contributed by atoms with Crippen molar-refractivity contribution in [2.45, 2.75) is 48.8 Å². The number of halogens is 5. The van der Waals surface area contributed by atoms with Crippen LogP contribution in [0.25, 0.3) is 0 Å². The minimum atomic E-state index is -4.89. The molecular formula is C34H36F5N5O4S. The van der Waals surface area contributed by atoms with Crippen molar-refractivity contribution >= 4 is 21.5 Å². The van der Waals surface area contributed by atoms with Crippen LogP contribution in [0.2, 0.25) is 0 Å². The van der Waals surface area contributed by atoms with E-state index in [1.807, 2.05) is 0 Å². The lowest BCUT2D eigenvalue weighted by Crippen LogP contribution is -2.56. The Balaban J connectivity index is 1.43. The second-order valence-electron chi connectivity index (χ2n) is 11.7. The van der Waals surface area contributed by atoms with Crippen molar-refractivity contribution in [1.82, 2.24) is 15.3 Å². The number of aromatic nitrogens is 2. The van der Waals surface area contributed by atoms with Crippen LogP contribution in [0.3, 0.4) is 0 Å². The summed E-state index contributed by atoms with van der Waals surface area (Å²) in [6.07, 6.45) is 0.0784. The molecule has 262 valence electrons. The van der Waals surface area contributed by atoms with E-state index in [1.165, 1.54) is 32.5 Å². The quantitative estimate of drug-likeness (QED) is 0.170. The Kier molecular flexibility index (Phi) is 10.6. The first-order chi connectivity index (χ1) is 23.3. The zero-order valence-electron chi connectivity index (χ0n) is 27.1. The predicted molar refractivity (Wildman–Crippen MR) is 174 cm³/mol. The van der Waals surface area contributed by atoms with E-state index in [4.69, 9.17) is 9.47 Å². The lowest BCUT2D eigenvalue weighted by Gasteiger charge is -2.44. The molecule has 3 aromatic carbocycles. The SMILES string of the molecule is CNC1(CCc2cccc(C(F)(F)F)c2)CCCN(c2cc(F)c(S(=O)(=O)N(Cc3ccc(OC)cc3OC)c3ccncn3)c(F)c2)C1. The Hall–Kier alpha value is -4.50. The van der Waals surface area contributed by atoms with Crippen molar-refractivity contribution in [3.8, 4) is 11.5 Å². The van der Waals surface area contributed by atoms with Gasteiger partial charge in [0.2, 0.25) is 0 Å². The van der Waals surface area contributed by atoms with Crippen molar-refractivity contribution in [2.75, 3.05) is 43.6 Å². The summed E-state index contributed by atoms with van der Waals surface area (Å²) in [5, 5.41) is 3.29. The molecule has 0 saturated carbocycles. The summed E-state index contributed by atoms with van der Waals surface area (Å²) in [5.41, 5.74) is -0.266. The molecule has 1 atom stereocenters. The van der Waals surface area contributed by atoms with Crippen LogP contribution in [0.4, 0.5) is 33.5 Å². The second kappa shape index (κ2) is 14.5. The molecule has 1 N–H and O–H groups in total. The fourth-order valence-corrected chi connectivity index (χ4v) is 7.61. The maximum absolute atomic E-state index is 15.9. The maximum atomic E-state index is 15.9. The number of rotatable bonds is 12. The standard InChI is InChI=1S/C34H36F5N5O4S/c1-40-33(13-10-23-6-4-7-25(16-23)34(37,38)39)12-5-15-43(21-33)26-17-28(35)32(29(36)18-26)49(45,46)44(31-11-14-41-22-42-31)20-24-8-9-27(47-2)19-30(24)48-3/h4,6-9,11,14,16-19,22,40H,5,10,12-13,15,20-21H2,1-3H3. The Labute approximate surface area is 281 Å². The molecule has 5 rings (SSSR count). The molecule has 2 heterocycles. The van der Waals surface area contributed by atoms with Crippen LogP contribution in [0.15, 0.2) is 78.1 Å². The number of ether oxygens (including phenoxy) is 2. The molecule has 9 nitrogen and oxygen atoms in total. The third-order valence-electron chi connectivity index (χ3n) is 8.78. The van der Waals surface area contributed by atoms with Gasteiger partial charge in [-0.05, 0) is 68.6 Å². The highest BCUT2D eigenvalue weighted by Crippen LogP contribution is 2.36. The number of methoxy groups -OCH3 is 2. The molecule has 1 saturated heterocycles. The smallest absolute Gasteiger partial charge is 0.416 e. The van der Waals surface area contributed by atoms with Crippen molar-refractivity contribution in [1.29, 1.82) is 0 Å². The van der Waals surface area contributed by atoms with Crippen molar-refractivity contribution in [3.63, 3.8) is 0 Å². The molecule has 49 heavy (non-hydrogen) atoms. The van der Waals surface area contributed by atoms with Gasteiger partial charge in [0, 0.05) is 48.2 Å². The summed E-state index contributed by atoms with van der Waals surface area (Å²) in [5.74, 6) is -1.96. The molecule has 1 aliphatic rings. The molecule has 0 amide bonds. The Morgan fingerprint density at radius 1 is 1.02 bits per heavy atom. The first kappa shape index (κ1) is 35.8. The van der Waals surface area contributed by atoms with Gasteiger partial charge in [-0.2, -0.15) is 13.2 Å². The largest absolute Gasteiger partial charge is 0.497 e. The van der Waals surface area contributed by atoms with Crippen LogP contribution >= 0.6 is 0 Å². The highest BCUT2D eigenvalue weighted by atomic mass is 32.2. The first-order valence-electron chi connectivity index (χ1n) is 15.4. The maximum Gasteiger partial charge on any atom is 0.416 e. The highest BCUT2D eigenvalue weighted by Gasteiger charge is 2.37. The Morgan fingerprint density at radius 3 is 2.41 bits per heavy atom. The third-order valence-corrected chi connectivity index (χ3v) is 10.6. The molecule has 0 spiro atoms. The van der Waals surface area contributed by atoms with Gasteiger partial charge < -0.3 is 19.7 Å². The molecule has 1 fully saturated rings. The van der Waals surface area contributed by atoms with Crippen LogP contribution in [0.1, 0.15) is 36.0 Å². The lowest BCUT2D eigenvalue weighted by molar-refractivity contribution is -0.137. The number of hydrogen-bond acceptors (Lipinski definition) is 8. The number of benzene rings is 3. The predicted octanol–water partition coefficient (Wildman–Crippen LogP) is 6.38. The normalized spacial score (nSPS) is 16.8. The zero-order chi connectivity index (χ0) is 35.4. The molecule has 4 aromatic rings. The summed E-state index contributed by atoms with van der Waals surface area (Å²) in [6, 6.07) is 13.2. The van der Waals surface area contributed by atoms with Crippen LogP contribution in [-0.2, 0) is 29.2 Å². The molecule has 15 heteroatoms. The van der Waals surface area contributed by atoms with Crippen LogP contribution in [-0.4, -0.2) is 58.3 Å². The van der Waals surface area contributed by atoms with Gasteiger partial charge >= 0.3 is 6.18 Å². The second-order valence-corrected chi connectivity index (χ2v) is 13.5. The Morgan fingerprint density at radius 2 is 1.78 bits per heavy atom. The summed E-state index contributed by atoms with van der Waals surface area (Å²) < 4.78 is 111. The van der Waals surface area contributed by atoms with Gasteiger partial charge in [0.25, 0.3) is 10.0 Å². The van der Waals surface area contributed by atoms with E-state index in [9.17, 15) is 21.6 Å². The number of nitrogens with one attached hydrogen (secondary N) is 1. The first-order valence-corrected chi connectivity index (χ1v) is 16.8. The molecule has 0 radical (unpaired) electrons. The number of aryl methyl sites for hydroxylation is 1. The number of nitrogens with zero attached hydrogens (tertiary/aromatic N) is 4. The highest BCUT2D eigenvalue weighted by molar-refractivity contribution is 7.92. The number of anilines is 2. The fourth-order valence-electron chi connectivity index (χ4n) is 6.12. The van der Waals surface area contributed by atoms with Gasteiger partial charge in [0.1, 0.15) is 35.3 Å². The average Bonchev–Trinajstić information content (AvgIpc) is 3.09. The van der Waals surface area contributed by atoms with E-state index in [2.05, 4.69) is 15.3 Å². The molecule has 1 aliphatic heterocycles. The number of piperidine rings is 1. The lowest BCUT2D eigenvalue weighted by atomic mass is 9.83. The summed E-state index contributed by atoms with van der Waals surface area (Å²) >= 11 is 0. The summed E-state index contributed by atoms with van der Waals surface area (Å²) in [6.45, 7) is 0.343. The number of likely N-dealkylation sites (N-methyl/N-ethyl adjacent to an activating group) is 1. The van der Waals surface area contributed by atoms with Gasteiger partial charge in [-0.1, -0.05) is 18.2 Å². The zero-order valence-corrected chi connectivity index (χ0v) is 27.9. The van der Waals surface area contributed by atoms with E-state index in [0.29, 0.717) is 49.1 Å².